The van der Waals surface area contributed by atoms with Gasteiger partial charge in [0, 0.05) is 13.6 Å². The Morgan fingerprint density at radius 1 is 1.23 bits per heavy atom. The van der Waals surface area contributed by atoms with E-state index in [0.717, 1.165) is 0 Å². The molecule has 0 bridgehead atoms. The molecular formula is C15H14F3NO3. The van der Waals surface area contributed by atoms with E-state index in [1.807, 2.05) is 0 Å². The molecule has 0 radical (unpaired) electrons. The quantitative estimate of drug-likeness (QED) is 0.863. The van der Waals surface area contributed by atoms with E-state index in [1.54, 1.807) is 20.0 Å². The summed E-state index contributed by atoms with van der Waals surface area (Å²) < 4.78 is 45.1. The molecule has 0 aliphatic heterocycles. The molecule has 0 aliphatic carbocycles. The summed E-state index contributed by atoms with van der Waals surface area (Å²) in [6.07, 6.45) is -3.28. The molecule has 0 saturated carbocycles. The number of carbonyl (C=O) groups is 1. The molecule has 1 amide bonds. The number of nitrogens with zero attached hydrogens (tertiary/aromatic N) is 1. The van der Waals surface area contributed by atoms with Gasteiger partial charge in [0.25, 0.3) is 5.91 Å². The zero-order valence-corrected chi connectivity index (χ0v) is 12.0. The third kappa shape index (κ3) is 4.03. The summed E-state index contributed by atoms with van der Waals surface area (Å²) in [5.41, 5.74) is 1.14. The Labute approximate surface area is 125 Å². The summed E-state index contributed by atoms with van der Waals surface area (Å²) in [5.74, 6) is 0.00329. The van der Waals surface area contributed by atoms with Crippen molar-refractivity contribution >= 4 is 5.91 Å². The highest BCUT2D eigenvalue weighted by atomic mass is 19.4. The largest absolute Gasteiger partial charge is 0.573 e. The van der Waals surface area contributed by atoms with Gasteiger partial charge < -0.3 is 14.1 Å². The van der Waals surface area contributed by atoms with E-state index in [0.29, 0.717) is 16.9 Å². The molecule has 0 spiro atoms. The topological polar surface area (TPSA) is 42.7 Å². The summed E-state index contributed by atoms with van der Waals surface area (Å²) in [4.78, 5) is 13.6. The number of halogens is 3. The van der Waals surface area contributed by atoms with Crippen LogP contribution in [0.5, 0.6) is 5.75 Å². The van der Waals surface area contributed by atoms with Crippen LogP contribution in [0.4, 0.5) is 13.2 Å². The monoisotopic (exact) mass is 313 g/mol. The van der Waals surface area contributed by atoms with Crippen molar-refractivity contribution in [1.82, 2.24) is 4.90 Å². The van der Waals surface area contributed by atoms with Crippen LogP contribution in [0.2, 0.25) is 0 Å². The lowest BCUT2D eigenvalue weighted by atomic mass is 10.2. The smallest absolute Gasteiger partial charge is 0.469 e. The first-order valence-corrected chi connectivity index (χ1v) is 6.40. The summed E-state index contributed by atoms with van der Waals surface area (Å²) in [5, 5.41) is 0. The van der Waals surface area contributed by atoms with Crippen molar-refractivity contribution in [2.24, 2.45) is 0 Å². The molecule has 1 aromatic carbocycles. The van der Waals surface area contributed by atoms with Crippen LogP contribution < -0.4 is 4.74 Å². The van der Waals surface area contributed by atoms with Gasteiger partial charge in [-0.25, -0.2) is 0 Å². The Bertz CT molecular complexity index is 647. The van der Waals surface area contributed by atoms with Crippen molar-refractivity contribution in [1.29, 1.82) is 0 Å². The fraction of sp³-hybridized carbons (Fsp3) is 0.267. The second kappa shape index (κ2) is 6.13. The van der Waals surface area contributed by atoms with Crippen molar-refractivity contribution in [3.8, 4) is 5.75 Å². The molecule has 0 saturated heterocycles. The number of benzene rings is 1. The maximum Gasteiger partial charge on any atom is 0.573 e. The van der Waals surface area contributed by atoms with Gasteiger partial charge in [-0.1, -0.05) is 12.1 Å². The number of hydrogen-bond donors (Lipinski definition) is 0. The highest BCUT2D eigenvalue weighted by molar-refractivity contribution is 5.94. The fourth-order valence-corrected chi connectivity index (χ4v) is 1.95. The SMILES string of the molecule is Cc1occc1C(=O)N(C)Cc1ccc(OC(F)(F)F)cc1. The molecule has 22 heavy (non-hydrogen) atoms. The second-order valence-corrected chi connectivity index (χ2v) is 4.74. The number of furan rings is 1. The predicted molar refractivity (Wildman–Crippen MR) is 72.4 cm³/mol. The van der Waals surface area contributed by atoms with Crippen LogP contribution in [-0.4, -0.2) is 24.2 Å². The third-order valence-corrected chi connectivity index (χ3v) is 3.01. The van der Waals surface area contributed by atoms with Crippen molar-refractivity contribution < 1.29 is 27.1 Å². The van der Waals surface area contributed by atoms with Gasteiger partial charge in [0.15, 0.2) is 0 Å². The van der Waals surface area contributed by atoms with Crippen molar-refractivity contribution in [2.45, 2.75) is 19.8 Å². The molecule has 2 rings (SSSR count). The summed E-state index contributed by atoms with van der Waals surface area (Å²) in [6.45, 7) is 1.94. The van der Waals surface area contributed by atoms with Crippen molar-refractivity contribution in [3.05, 3.63) is 53.5 Å². The van der Waals surface area contributed by atoms with Gasteiger partial charge >= 0.3 is 6.36 Å². The van der Waals surface area contributed by atoms with Gasteiger partial charge in [0.1, 0.15) is 11.5 Å². The second-order valence-electron chi connectivity index (χ2n) is 4.74. The highest BCUT2D eigenvalue weighted by Gasteiger charge is 2.31. The van der Waals surface area contributed by atoms with E-state index in [9.17, 15) is 18.0 Å². The van der Waals surface area contributed by atoms with Crippen LogP contribution >= 0.6 is 0 Å². The number of rotatable bonds is 4. The van der Waals surface area contributed by atoms with Crippen LogP contribution in [0.15, 0.2) is 41.0 Å². The highest BCUT2D eigenvalue weighted by Crippen LogP contribution is 2.23. The van der Waals surface area contributed by atoms with E-state index >= 15 is 0 Å². The molecule has 0 aliphatic rings. The van der Waals surface area contributed by atoms with Crippen LogP contribution in [0.25, 0.3) is 0 Å². The van der Waals surface area contributed by atoms with E-state index in [-0.39, 0.29) is 18.2 Å². The normalized spacial score (nSPS) is 11.3. The predicted octanol–water partition coefficient (Wildman–Crippen LogP) is 3.76. The first-order valence-electron chi connectivity index (χ1n) is 6.40. The van der Waals surface area contributed by atoms with Gasteiger partial charge in [0.2, 0.25) is 0 Å². The molecule has 0 atom stereocenters. The first-order chi connectivity index (χ1) is 10.3. The number of ether oxygens (including phenoxy) is 1. The minimum absolute atomic E-state index is 0.220. The van der Waals surface area contributed by atoms with Gasteiger partial charge in [-0.05, 0) is 30.7 Å². The number of carbonyl (C=O) groups excluding carboxylic acids is 1. The Hall–Kier alpha value is -2.44. The molecular weight excluding hydrogens is 299 g/mol. The minimum atomic E-state index is -4.72. The molecule has 0 N–H and O–H groups in total. The van der Waals surface area contributed by atoms with Gasteiger partial charge in [0.05, 0.1) is 11.8 Å². The first kappa shape index (κ1) is 15.9. The fourth-order valence-electron chi connectivity index (χ4n) is 1.95. The Morgan fingerprint density at radius 3 is 2.36 bits per heavy atom. The number of aryl methyl sites for hydroxylation is 1. The summed E-state index contributed by atoms with van der Waals surface area (Å²) in [6, 6.07) is 6.96. The van der Waals surface area contributed by atoms with Crippen LogP contribution in [0, 0.1) is 6.92 Å². The maximum atomic E-state index is 12.2. The maximum absolute atomic E-state index is 12.2. The lowest BCUT2D eigenvalue weighted by Crippen LogP contribution is -2.26. The van der Waals surface area contributed by atoms with Crippen molar-refractivity contribution in [3.63, 3.8) is 0 Å². The zero-order valence-electron chi connectivity index (χ0n) is 12.0. The van der Waals surface area contributed by atoms with E-state index in [1.165, 1.54) is 35.4 Å². The van der Waals surface area contributed by atoms with Gasteiger partial charge in [-0.2, -0.15) is 0 Å². The summed E-state index contributed by atoms with van der Waals surface area (Å²) >= 11 is 0. The average molecular weight is 313 g/mol. The number of amides is 1. The average Bonchev–Trinajstić information content (AvgIpc) is 2.84. The molecule has 2 aromatic rings. The van der Waals surface area contributed by atoms with E-state index in [4.69, 9.17) is 4.42 Å². The number of alkyl halides is 3. The number of hydrogen-bond acceptors (Lipinski definition) is 3. The van der Waals surface area contributed by atoms with Crippen LogP contribution in [0.1, 0.15) is 21.7 Å². The molecule has 1 heterocycles. The lowest BCUT2D eigenvalue weighted by Gasteiger charge is -2.17. The van der Waals surface area contributed by atoms with E-state index < -0.39 is 6.36 Å². The molecule has 7 heteroatoms. The van der Waals surface area contributed by atoms with E-state index in [2.05, 4.69) is 4.74 Å². The zero-order chi connectivity index (χ0) is 16.3. The summed E-state index contributed by atoms with van der Waals surface area (Å²) in [7, 11) is 1.61. The Morgan fingerprint density at radius 2 is 1.86 bits per heavy atom. The Balaban J connectivity index is 2.01. The van der Waals surface area contributed by atoms with Gasteiger partial charge in [-0.3, -0.25) is 4.79 Å². The lowest BCUT2D eigenvalue weighted by molar-refractivity contribution is -0.274. The Kier molecular flexibility index (Phi) is 4.44. The molecule has 0 fully saturated rings. The van der Waals surface area contributed by atoms with Crippen LogP contribution in [-0.2, 0) is 6.54 Å². The van der Waals surface area contributed by atoms with Gasteiger partial charge in [-0.15, -0.1) is 13.2 Å². The molecule has 118 valence electrons. The molecule has 0 unspecified atom stereocenters. The molecule has 4 nitrogen and oxygen atoms in total. The standard InChI is InChI=1S/C15H14F3NO3/c1-10-13(7-8-21-10)14(20)19(2)9-11-3-5-12(6-4-11)22-15(16,17)18/h3-8H,9H2,1-2H3. The molecule has 1 aromatic heterocycles. The third-order valence-electron chi connectivity index (χ3n) is 3.01. The van der Waals surface area contributed by atoms with Crippen LogP contribution in [0.3, 0.4) is 0 Å². The minimum Gasteiger partial charge on any atom is -0.469 e. The van der Waals surface area contributed by atoms with Crippen molar-refractivity contribution in [2.75, 3.05) is 7.05 Å².